The van der Waals surface area contributed by atoms with Gasteiger partial charge in [-0.25, -0.2) is 8.42 Å². The quantitative estimate of drug-likeness (QED) is 0.711. The first kappa shape index (κ1) is 21.6. The molecule has 0 unspecified atom stereocenters. The molecular formula is C23H29N3O4S. The van der Waals surface area contributed by atoms with Crippen LogP contribution in [0.4, 0.5) is 5.69 Å². The second-order valence-corrected chi connectivity index (χ2v) is 9.98. The number of nitrogens with zero attached hydrogens (tertiary/aromatic N) is 3. The van der Waals surface area contributed by atoms with Crippen LogP contribution in [0.25, 0.3) is 0 Å². The van der Waals surface area contributed by atoms with Crippen LogP contribution in [0.2, 0.25) is 0 Å². The van der Waals surface area contributed by atoms with E-state index in [9.17, 15) is 13.2 Å². The third-order valence-electron chi connectivity index (χ3n) is 6.13. The Hall–Kier alpha value is -2.58. The minimum Gasteiger partial charge on any atom is -0.495 e. The van der Waals surface area contributed by atoms with E-state index in [2.05, 4.69) is 4.90 Å². The Balaban J connectivity index is 1.50. The summed E-state index contributed by atoms with van der Waals surface area (Å²) in [7, 11) is -1.90. The van der Waals surface area contributed by atoms with Crippen LogP contribution in [0.3, 0.4) is 0 Å². The van der Waals surface area contributed by atoms with Gasteiger partial charge in [0, 0.05) is 44.8 Å². The van der Waals surface area contributed by atoms with Gasteiger partial charge in [-0.15, -0.1) is 0 Å². The zero-order valence-electron chi connectivity index (χ0n) is 18.1. The fourth-order valence-electron chi connectivity index (χ4n) is 4.28. The van der Waals surface area contributed by atoms with Gasteiger partial charge in [-0.1, -0.05) is 18.2 Å². The Kier molecular flexibility index (Phi) is 6.20. The number of piperazine rings is 1. The maximum absolute atomic E-state index is 13.3. The van der Waals surface area contributed by atoms with Gasteiger partial charge < -0.3 is 14.5 Å². The molecule has 0 bridgehead atoms. The van der Waals surface area contributed by atoms with Crippen LogP contribution in [-0.4, -0.2) is 69.9 Å². The van der Waals surface area contributed by atoms with Gasteiger partial charge in [-0.3, -0.25) is 4.79 Å². The van der Waals surface area contributed by atoms with E-state index in [-0.39, 0.29) is 10.8 Å². The smallest absolute Gasteiger partial charge is 0.254 e. The molecule has 166 valence electrons. The van der Waals surface area contributed by atoms with E-state index in [1.165, 1.54) is 4.31 Å². The summed E-state index contributed by atoms with van der Waals surface area (Å²) >= 11 is 0. The van der Waals surface area contributed by atoms with E-state index in [1.807, 2.05) is 31.2 Å². The van der Waals surface area contributed by atoms with Gasteiger partial charge in [0.1, 0.15) is 5.75 Å². The molecule has 2 aromatic carbocycles. The van der Waals surface area contributed by atoms with E-state index in [0.717, 1.165) is 29.8 Å². The molecule has 0 aromatic heterocycles. The molecule has 4 rings (SSSR count). The molecule has 7 nitrogen and oxygen atoms in total. The van der Waals surface area contributed by atoms with Crippen LogP contribution in [0.15, 0.2) is 47.4 Å². The van der Waals surface area contributed by atoms with E-state index >= 15 is 0 Å². The van der Waals surface area contributed by atoms with Gasteiger partial charge >= 0.3 is 0 Å². The van der Waals surface area contributed by atoms with Crippen molar-refractivity contribution in [1.82, 2.24) is 9.21 Å². The average Bonchev–Trinajstić information content (AvgIpc) is 3.35. The maximum atomic E-state index is 13.3. The Morgan fingerprint density at radius 2 is 1.61 bits per heavy atom. The molecule has 0 radical (unpaired) electrons. The minimum atomic E-state index is -3.55. The van der Waals surface area contributed by atoms with E-state index in [4.69, 9.17) is 4.74 Å². The number of carbonyl (C=O) groups excluding carboxylic acids is 1. The lowest BCUT2D eigenvalue weighted by atomic mass is 10.1. The lowest BCUT2D eigenvalue weighted by molar-refractivity contribution is 0.0745. The number of aryl methyl sites for hydroxylation is 1. The average molecular weight is 444 g/mol. The van der Waals surface area contributed by atoms with Crippen molar-refractivity contribution in [2.24, 2.45) is 0 Å². The first-order chi connectivity index (χ1) is 14.9. The third kappa shape index (κ3) is 4.27. The highest BCUT2D eigenvalue weighted by molar-refractivity contribution is 7.89. The zero-order chi connectivity index (χ0) is 22.0. The summed E-state index contributed by atoms with van der Waals surface area (Å²) in [6, 6.07) is 12.8. The lowest BCUT2D eigenvalue weighted by Gasteiger charge is -2.36. The van der Waals surface area contributed by atoms with Crippen molar-refractivity contribution in [1.29, 1.82) is 0 Å². The molecule has 0 saturated carbocycles. The van der Waals surface area contributed by atoms with Crippen molar-refractivity contribution in [3.63, 3.8) is 0 Å². The zero-order valence-corrected chi connectivity index (χ0v) is 18.9. The maximum Gasteiger partial charge on any atom is 0.254 e. The molecule has 1 amide bonds. The highest BCUT2D eigenvalue weighted by Crippen LogP contribution is 2.29. The van der Waals surface area contributed by atoms with Crippen LogP contribution in [-0.2, 0) is 10.0 Å². The highest BCUT2D eigenvalue weighted by atomic mass is 32.2. The van der Waals surface area contributed by atoms with Gasteiger partial charge in [-0.05, 0) is 49.6 Å². The Morgan fingerprint density at radius 3 is 2.29 bits per heavy atom. The van der Waals surface area contributed by atoms with Gasteiger partial charge in [0.2, 0.25) is 10.0 Å². The lowest BCUT2D eigenvalue weighted by Crippen LogP contribution is -2.49. The number of anilines is 1. The minimum absolute atomic E-state index is 0.115. The number of ether oxygens (including phenoxy) is 1. The standard InChI is InChI=1S/C23H29N3O4S/c1-18-9-10-19(31(28,29)26-11-5-6-12-26)17-20(18)23(27)25-15-13-24(14-16-25)21-7-3-4-8-22(21)30-2/h3-4,7-10,17H,5-6,11-16H2,1-2H3. The van der Waals surface area contributed by atoms with Crippen LogP contribution >= 0.6 is 0 Å². The van der Waals surface area contributed by atoms with Gasteiger partial charge in [0.25, 0.3) is 5.91 Å². The van der Waals surface area contributed by atoms with Gasteiger partial charge in [-0.2, -0.15) is 4.31 Å². The normalized spacial score (nSPS) is 17.7. The van der Waals surface area contributed by atoms with E-state index < -0.39 is 10.0 Å². The molecule has 2 aromatic rings. The number of carbonyl (C=O) groups is 1. The number of para-hydroxylation sites is 2. The molecule has 2 saturated heterocycles. The highest BCUT2D eigenvalue weighted by Gasteiger charge is 2.30. The van der Waals surface area contributed by atoms with E-state index in [0.29, 0.717) is 44.8 Å². The topological polar surface area (TPSA) is 70.2 Å². The van der Waals surface area contributed by atoms with Gasteiger partial charge in [0.05, 0.1) is 17.7 Å². The van der Waals surface area contributed by atoms with Crippen molar-refractivity contribution in [2.75, 3.05) is 51.3 Å². The predicted molar refractivity (Wildman–Crippen MR) is 120 cm³/mol. The monoisotopic (exact) mass is 443 g/mol. The van der Waals surface area contributed by atoms with Crippen molar-refractivity contribution in [2.45, 2.75) is 24.7 Å². The molecule has 31 heavy (non-hydrogen) atoms. The molecular weight excluding hydrogens is 414 g/mol. The molecule has 0 N–H and O–H groups in total. The van der Waals surface area contributed by atoms with Crippen molar-refractivity contribution >= 4 is 21.6 Å². The fourth-order valence-corrected chi connectivity index (χ4v) is 5.83. The number of amides is 1. The third-order valence-corrected chi connectivity index (χ3v) is 8.03. The molecule has 2 aliphatic heterocycles. The van der Waals surface area contributed by atoms with Crippen LogP contribution in [0.1, 0.15) is 28.8 Å². The molecule has 0 spiro atoms. The number of rotatable bonds is 5. The first-order valence-corrected chi connectivity index (χ1v) is 12.1. The molecule has 2 aliphatic rings. The van der Waals surface area contributed by atoms with Crippen molar-refractivity contribution < 1.29 is 17.9 Å². The molecule has 8 heteroatoms. The Labute approximate surface area is 184 Å². The van der Waals surface area contributed by atoms with Crippen LogP contribution < -0.4 is 9.64 Å². The molecule has 0 aliphatic carbocycles. The van der Waals surface area contributed by atoms with Crippen LogP contribution in [0.5, 0.6) is 5.75 Å². The second-order valence-electron chi connectivity index (χ2n) is 8.04. The molecule has 0 atom stereocenters. The summed E-state index contributed by atoms with van der Waals surface area (Å²) in [5, 5.41) is 0. The SMILES string of the molecule is COc1ccccc1N1CCN(C(=O)c2cc(S(=O)(=O)N3CCCC3)ccc2C)CC1. The molecule has 2 fully saturated rings. The summed E-state index contributed by atoms with van der Waals surface area (Å²) in [4.78, 5) is 17.5. The predicted octanol–water partition coefficient (Wildman–Crippen LogP) is 2.75. The Bertz CT molecular complexity index is 1060. The summed E-state index contributed by atoms with van der Waals surface area (Å²) in [5.41, 5.74) is 2.27. The molecule has 2 heterocycles. The first-order valence-electron chi connectivity index (χ1n) is 10.7. The van der Waals surface area contributed by atoms with Crippen LogP contribution in [0, 0.1) is 6.92 Å². The number of hydrogen-bond acceptors (Lipinski definition) is 5. The number of benzene rings is 2. The second kappa shape index (κ2) is 8.88. The summed E-state index contributed by atoms with van der Waals surface area (Å²) in [6.07, 6.45) is 1.76. The Morgan fingerprint density at radius 1 is 0.935 bits per heavy atom. The fraction of sp³-hybridized carbons (Fsp3) is 0.435. The van der Waals surface area contributed by atoms with E-state index in [1.54, 1.807) is 30.2 Å². The number of sulfonamides is 1. The van der Waals surface area contributed by atoms with Crippen molar-refractivity contribution in [3.05, 3.63) is 53.6 Å². The summed E-state index contributed by atoms with van der Waals surface area (Å²) in [5.74, 6) is 0.702. The van der Waals surface area contributed by atoms with Gasteiger partial charge in [0.15, 0.2) is 0 Å². The summed E-state index contributed by atoms with van der Waals surface area (Å²) < 4.78 is 32.9. The number of hydrogen-bond donors (Lipinski definition) is 0. The number of methoxy groups -OCH3 is 1. The van der Waals surface area contributed by atoms with Crippen molar-refractivity contribution in [3.8, 4) is 5.75 Å². The largest absolute Gasteiger partial charge is 0.495 e. The summed E-state index contributed by atoms with van der Waals surface area (Å²) in [6.45, 7) is 5.46.